The highest BCUT2D eigenvalue weighted by molar-refractivity contribution is 7.99. The second kappa shape index (κ2) is 5.83. The highest BCUT2D eigenvalue weighted by Crippen LogP contribution is 2.39. The molecule has 106 valence electrons. The number of nitrogens with zero attached hydrogens (tertiary/aromatic N) is 3. The fourth-order valence-corrected chi connectivity index (χ4v) is 4.02. The Hall–Kier alpha value is -0.550. The molecule has 0 spiro atoms. The van der Waals surface area contributed by atoms with Gasteiger partial charge in [-0.1, -0.05) is 12.1 Å². The van der Waals surface area contributed by atoms with Crippen LogP contribution in [0, 0.1) is 0 Å². The van der Waals surface area contributed by atoms with Crippen molar-refractivity contribution in [3.05, 3.63) is 11.7 Å². The SMILES string of the molecule is CCS[C@H]1CC[C@@H](N(C)Cc2noc(C3CC3)n2)C1. The van der Waals surface area contributed by atoms with Gasteiger partial charge in [0.1, 0.15) is 0 Å². The molecule has 0 radical (unpaired) electrons. The molecule has 1 aromatic heterocycles. The maximum Gasteiger partial charge on any atom is 0.229 e. The number of rotatable bonds is 6. The van der Waals surface area contributed by atoms with E-state index in [9.17, 15) is 0 Å². The van der Waals surface area contributed by atoms with E-state index in [-0.39, 0.29) is 0 Å². The van der Waals surface area contributed by atoms with Crippen LogP contribution in [-0.2, 0) is 6.54 Å². The standard InChI is InChI=1S/C14H23N3OS/c1-3-19-12-7-6-11(8-12)17(2)9-13-15-14(18-16-13)10-4-5-10/h10-12H,3-9H2,1-2H3/t11-,12+/m1/s1. The van der Waals surface area contributed by atoms with Crippen molar-refractivity contribution in [3.63, 3.8) is 0 Å². The smallest absolute Gasteiger partial charge is 0.229 e. The van der Waals surface area contributed by atoms with Gasteiger partial charge >= 0.3 is 0 Å². The molecule has 1 heterocycles. The minimum Gasteiger partial charge on any atom is -0.339 e. The first-order chi connectivity index (χ1) is 9.26. The van der Waals surface area contributed by atoms with Crippen LogP contribution < -0.4 is 0 Å². The summed E-state index contributed by atoms with van der Waals surface area (Å²) < 4.78 is 5.32. The summed E-state index contributed by atoms with van der Waals surface area (Å²) in [6, 6.07) is 0.687. The van der Waals surface area contributed by atoms with E-state index in [0.29, 0.717) is 12.0 Å². The van der Waals surface area contributed by atoms with E-state index in [2.05, 4.69) is 40.8 Å². The highest BCUT2D eigenvalue weighted by Gasteiger charge is 2.31. The zero-order chi connectivity index (χ0) is 13.2. The number of thioether (sulfide) groups is 1. The maximum atomic E-state index is 5.32. The van der Waals surface area contributed by atoms with Crippen molar-refractivity contribution in [2.24, 2.45) is 0 Å². The van der Waals surface area contributed by atoms with Crippen LogP contribution in [0.15, 0.2) is 4.52 Å². The largest absolute Gasteiger partial charge is 0.339 e. The summed E-state index contributed by atoms with van der Waals surface area (Å²) in [6.07, 6.45) is 6.41. The third-order valence-electron chi connectivity index (χ3n) is 4.18. The van der Waals surface area contributed by atoms with Crippen molar-refractivity contribution >= 4 is 11.8 Å². The Balaban J connectivity index is 1.51. The molecule has 4 nitrogen and oxygen atoms in total. The molecule has 2 atom stereocenters. The summed E-state index contributed by atoms with van der Waals surface area (Å²) in [5, 5.41) is 4.96. The monoisotopic (exact) mass is 281 g/mol. The lowest BCUT2D eigenvalue weighted by atomic mass is 10.2. The molecule has 2 fully saturated rings. The Morgan fingerprint density at radius 3 is 2.89 bits per heavy atom. The van der Waals surface area contributed by atoms with Gasteiger partial charge in [0.25, 0.3) is 0 Å². The van der Waals surface area contributed by atoms with E-state index >= 15 is 0 Å². The molecule has 2 saturated carbocycles. The lowest BCUT2D eigenvalue weighted by molar-refractivity contribution is 0.228. The van der Waals surface area contributed by atoms with E-state index in [1.807, 2.05) is 0 Å². The number of hydrogen-bond donors (Lipinski definition) is 0. The summed E-state index contributed by atoms with van der Waals surface area (Å²) in [5.74, 6) is 3.50. The lowest BCUT2D eigenvalue weighted by Crippen LogP contribution is -2.29. The second-order valence-electron chi connectivity index (χ2n) is 5.78. The van der Waals surface area contributed by atoms with Crippen LogP contribution in [0.1, 0.15) is 56.7 Å². The van der Waals surface area contributed by atoms with Crippen molar-refractivity contribution < 1.29 is 4.52 Å². The van der Waals surface area contributed by atoms with Gasteiger partial charge in [0.05, 0.1) is 6.54 Å². The van der Waals surface area contributed by atoms with E-state index in [4.69, 9.17) is 4.52 Å². The zero-order valence-electron chi connectivity index (χ0n) is 11.8. The first-order valence-electron chi connectivity index (χ1n) is 7.40. The lowest BCUT2D eigenvalue weighted by Gasteiger charge is -2.22. The number of aromatic nitrogens is 2. The first-order valence-corrected chi connectivity index (χ1v) is 8.45. The molecule has 2 aliphatic rings. The van der Waals surface area contributed by atoms with Gasteiger partial charge in [0.15, 0.2) is 5.82 Å². The molecule has 3 rings (SSSR count). The normalized spacial score (nSPS) is 27.3. The third-order valence-corrected chi connectivity index (χ3v) is 5.42. The molecule has 0 amide bonds. The predicted molar refractivity (Wildman–Crippen MR) is 77.3 cm³/mol. The topological polar surface area (TPSA) is 42.2 Å². The molecule has 0 aliphatic heterocycles. The molecule has 5 heteroatoms. The molecule has 0 N–H and O–H groups in total. The van der Waals surface area contributed by atoms with Crippen molar-refractivity contribution in [2.45, 2.75) is 62.8 Å². The molecule has 1 aromatic rings. The molecule has 0 saturated heterocycles. The minimum atomic E-state index is 0.559. The van der Waals surface area contributed by atoms with Gasteiger partial charge in [-0.05, 0) is 44.9 Å². The third kappa shape index (κ3) is 3.31. The van der Waals surface area contributed by atoms with Crippen LogP contribution in [0.4, 0.5) is 0 Å². The Labute approximate surface area is 119 Å². The Morgan fingerprint density at radius 2 is 2.16 bits per heavy atom. The molecule has 2 aliphatic carbocycles. The maximum absolute atomic E-state index is 5.32. The van der Waals surface area contributed by atoms with Gasteiger partial charge < -0.3 is 4.52 Å². The zero-order valence-corrected chi connectivity index (χ0v) is 12.7. The van der Waals surface area contributed by atoms with E-state index in [1.165, 1.54) is 37.9 Å². The molecular weight excluding hydrogens is 258 g/mol. The van der Waals surface area contributed by atoms with Gasteiger partial charge in [-0.2, -0.15) is 16.7 Å². The van der Waals surface area contributed by atoms with Gasteiger partial charge in [-0.15, -0.1) is 0 Å². The van der Waals surface area contributed by atoms with E-state index in [1.54, 1.807) is 0 Å². The van der Waals surface area contributed by atoms with Gasteiger partial charge in [-0.3, -0.25) is 4.90 Å². The average Bonchev–Trinajstić information content (AvgIpc) is 2.96. The quantitative estimate of drug-likeness (QED) is 0.801. The second-order valence-corrected chi connectivity index (χ2v) is 7.36. The van der Waals surface area contributed by atoms with Gasteiger partial charge in [0, 0.05) is 17.2 Å². The molecule has 0 aromatic carbocycles. The van der Waals surface area contributed by atoms with Crippen LogP contribution in [0.25, 0.3) is 0 Å². The summed E-state index contributed by atoms with van der Waals surface area (Å²) in [6.45, 7) is 3.07. The Bertz CT molecular complexity index is 419. The van der Waals surface area contributed by atoms with Crippen LogP contribution in [-0.4, -0.2) is 39.1 Å². The van der Waals surface area contributed by atoms with Crippen LogP contribution in [0.2, 0.25) is 0 Å². The van der Waals surface area contributed by atoms with Crippen molar-refractivity contribution in [3.8, 4) is 0 Å². The summed E-state index contributed by atoms with van der Waals surface area (Å²) in [4.78, 5) is 6.91. The first kappa shape index (κ1) is 13.4. The molecule has 19 heavy (non-hydrogen) atoms. The van der Waals surface area contributed by atoms with Crippen molar-refractivity contribution in [1.82, 2.24) is 15.0 Å². The molecule has 0 unspecified atom stereocenters. The predicted octanol–water partition coefficient (Wildman–Crippen LogP) is 3.05. The van der Waals surface area contributed by atoms with Gasteiger partial charge in [-0.25, -0.2) is 0 Å². The Kier molecular flexibility index (Phi) is 4.12. The van der Waals surface area contributed by atoms with Crippen LogP contribution in [0.5, 0.6) is 0 Å². The van der Waals surface area contributed by atoms with Crippen LogP contribution >= 0.6 is 11.8 Å². The van der Waals surface area contributed by atoms with Crippen molar-refractivity contribution in [2.75, 3.05) is 12.8 Å². The highest BCUT2D eigenvalue weighted by atomic mass is 32.2. The summed E-state index contributed by atoms with van der Waals surface area (Å²) in [5.41, 5.74) is 0. The van der Waals surface area contributed by atoms with E-state index < -0.39 is 0 Å². The van der Waals surface area contributed by atoms with E-state index in [0.717, 1.165) is 23.5 Å². The average molecular weight is 281 g/mol. The summed E-state index contributed by atoms with van der Waals surface area (Å²) in [7, 11) is 2.19. The Morgan fingerprint density at radius 1 is 1.32 bits per heavy atom. The fraction of sp³-hybridized carbons (Fsp3) is 0.857. The molecular formula is C14H23N3OS. The number of hydrogen-bond acceptors (Lipinski definition) is 5. The van der Waals surface area contributed by atoms with Gasteiger partial charge in [0.2, 0.25) is 5.89 Å². The van der Waals surface area contributed by atoms with Crippen LogP contribution in [0.3, 0.4) is 0 Å². The fourth-order valence-electron chi connectivity index (χ4n) is 2.88. The minimum absolute atomic E-state index is 0.559. The molecule has 0 bridgehead atoms. The van der Waals surface area contributed by atoms with Crippen molar-refractivity contribution in [1.29, 1.82) is 0 Å². The summed E-state index contributed by atoms with van der Waals surface area (Å²) >= 11 is 2.11.